The van der Waals surface area contributed by atoms with Crippen molar-refractivity contribution in [3.8, 4) is 5.88 Å². The molecule has 1 amide bonds. The summed E-state index contributed by atoms with van der Waals surface area (Å²) in [6, 6.07) is 10.9. The molecule has 5 heteroatoms. The number of nitrogens with one attached hydrogen (secondary N) is 1. The molecule has 0 saturated heterocycles. The Morgan fingerprint density at radius 1 is 1.30 bits per heavy atom. The molecular formula is C15H17N3O2. The molecule has 0 saturated carbocycles. The van der Waals surface area contributed by atoms with E-state index in [0.29, 0.717) is 23.7 Å². The molecule has 1 aromatic carbocycles. The first-order valence-electron chi connectivity index (χ1n) is 6.34. The quantitative estimate of drug-likeness (QED) is 0.870. The molecule has 0 unspecified atom stereocenters. The van der Waals surface area contributed by atoms with E-state index in [-0.39, 0.29) is 5.91 Å². The van der Waals surface area contributed by atoms with E-state index in [4.69, 9.17) is 10.5 Å². The van der Waals surface area contributed by atoms with E-state index in [1.54, 1.807) is 30.5 Å². The lowest BCUT2D eigenvalue weighted by Gasteiger charge is -2.09. The van der Waals surface area contributed by atoms with Crippen molar-refractivity contribution in [2.24, 2.45) is 5.73 Å². The first-order chi connectivity index (χ1) is 9.74. The van der Waals surface area contributed by atoms with Crippen LogP contribution in [0.4, 0.5) is 5.69 Å². The monoisotopic (exact) mass is 271 g/mol. The van der Waals surface area contributed by atoms with Crippen molar-refractivity contribution >= 4 is 11.6 Å². The van der Waals surface area contributed by atoms with Gasteiger partial charge in [-0.1, -0.05) is 12.1 Å². The molecule has 1 aromatic heterocycles. The number of amides is 1. The Kier molecular flexibility index (Phi) is 4.68. The lowest BCUT2D eigenvalue weighted by atomic mass is 10.1. The van der Waals surface area contributed by atoms with Gasteiger partial charge in [-0.15, -0.1) is 0 Å². The average Bonchev–Trinajstić information content (AvgIpc) is 2.49. The molecule has 3 N–H and O–H groups in total. The highest BCUT2D eigenvalue weighted by Crippen LogP contribution is 2.20. The summed E-state index contributed by atoms with van der Waals surface area (Å²) < 4.78 is 5.09. The summed E-state index contributed by atoms with van der Waals surface area (Å²) in [5.41, 5.74) is 7.73. The molecule has 2 rings (SSSR count). The fourth-order valence-electron chi connectivity index (χ4n) is 1.83. The van der Waals surface area contributed by atoms with Crippen molar-refractivity contribution in [1.29, 1.82) is 0 Å². The summed E-state index contributed by atoms with van der Waals surface area (Å²) in [6.07, 6.45) is 2.41. The molecule has 5 nitrogen and oxygen atoms in total. The topological polar surface area (TPSA) is 77.2 Å². The lowest BCUT2D eigenvalue weighted by Crippen LogP contribution is -2.13. The van der Waals surface area contributed by atoms with E-state index < -0.39 is 0 Å². The van der Waals surface area contributed by atoms with Crippen LogP contribution >= 0.6 is 0 Å². The molecule has 0 aliphatic carbocycles. The standard InChI is InChI=1S/C15H17N3O2/c1-20-15-13(3-2-10-17-15)18-14(19)12-6-4-11(5-7-12)8-9-16/h2-7,10H,8-9,16H2,1H3,(H,18,19). The molecule has 0 radical (unpaired) electrons. The molecule has 0 bridgehead atoms. The summed E-state index contributed by atoms with van der Waals surface area (Å²) in [7, 11) is 1.51. The van der Waals surface area contributed by atoms with Crippen LogP contribution in [-0.4, -0.2) is 24.5 Å². The Morgan fingerprint density at radius 3 is 2.70 bits per heavy atom. The minimum Gasteiger partial charge on any atom is -0.480 e. The third kappa shape index (κ3) is 3.33. The third-order valence-corrected chi connectivity index (χ3v) is 2.86. The predicted molar refractivity (Wildman–Crippen MR) is 77.9 cm³/mol. The summed E-state index contributed by atoms with van der Waals surface area (Å²) in [6.45, 7) is 0.596. The zero-order valence-electron chi connectivity index (χ0n) is 11.3. The van der Waals surface area contributed by atoms with Gasteiger partial charge in [0.05, 0.1) is 7.11 Å². The van der Waals surface area contributed by atoms with Gasteiger partial charge in [0.1, 0.15) is 5.69 Å². The largest absolute Gasteiger partial charge is 0.480 e. The second-order valence-corrected chi connectivity index (χ2v) is 4.25. The highest BCUT2D eigenvalue weighted by molar-refractivity contribution is 6.04. The number of ether oxygens (including phenoxy) is 1. The van der Waals surface area contributed by atoms with Gasteiger partial charge in [-0.3, -0.25) is 4.79 Å². The zero-order chi connectivity index (χ0) is 14.4. The van der Waals surface area contributed by atoms with Crippen molar-refractivity contribution in [2.45, 2.75) is 6.42 Å². The van der Waals surface area contributed by atoms with Gasteiger partial charge in [0.15, 0.2) is 0 Å². The first-order valence-corrected chi connectivity index (χ1v) is 6.34. The van der Waals surface area contributed by atoms with Gasteiger partial charge in [0, 0.05) is 11.8 Å². The van der Waals surface area contributed by atoms with E-state index in [1.807, 2.05) is 12.1 Å². The second-order valence-electron chi connectivity index (χ2n) is 4.25. The Hall–Kier alpha value is -2.40. The molecule has 0 spiro atoms. The Morgan fingerprint density at radius 2 is 2.05 bits per heavy atom. The van der Waals surface area contributed by atoms with Crippen LogP contribution in [0.15, 0.2) is 42.6 Å². The maximum Gasteiger partial charge on any atom is 0.255 e. The minimum atomic E-state index is -0.199. The van der Waals surface area contributed by atoms with E-state index in [1.165, 1.54) is 7.11 Å². The maximum atomic E-state index is 12.1. The number of benzene rings is 1. The van der Waals surface area contributed by atoms with Gasteiger partial charge < -0.3 is 15.8 Å². The van der Waals surface area contributed by atoms with Crippen LogP contribution in [0.3, 0.4) is 0 Å². The highest BCUT2D eigenvalue weighted by atomic mass is 16.5. The molecule has 1 heterocycles. The maximum absolute atomic E-state index is 12.1. The van der Waals surface area contributed by atoms with Gasteiger partial charge in [0.2, 0.25) is 5.88 Å². The van der Waals surface area contributed by atoms with Crippen LogP contribution in [0.5, 0.6) is 5.88 Å². The van der Waals surface area contributed by atoms with E-state index in [9.17, 15) is 4.79 Å². The van der Waals surface area contributed by atoms with Crippen molar-refractivity contribution in [2.75, 3.05) is 19.0 Å². The summed E-state index contributed by atoms with van der Waals surface area (Å²) >= 11 is 0. The van der Waals surface area contributed by atoms with Gasteiger partial charge >= 0.3 is 0 Å². The molecule has 104 valence electrons. The number of nitrogens with zero attached hydrogens (tertiary/aromatic N) is 1. The molecule has 0 fully saturated rings. The smallest absolute Gasteiger partial charge is 0.255 e. The lowest BCUT2D eigenvalue weighted by molar-refractivity contribution is 0.102. The first kappa shape index (κ1) is 14.0. The SMILES string of the molecule is COc1ncccc1NC(=O)c1ccc(CCN)cc1. The molecule has 0 aliphatic heterocycles. The Balaban J connectivity index is 2.11. The van der Waals surface area contributed by atoms with Gasteiger partial charge in [-0.2, -0.15) is 0 Å². The number of aromatic nitrogens is 1. The number of carbonyl (C=O) groups excluding carboxylic acids is 1. The number of methoxy groups -OCH3 is 1. The minimum absolute atomic E-state index is 0.199. The van der Waals surface area contributed by atoms with E-state index in [0.717, 1.165) is 12.0 Å². The normalized spacial score (nSPS) is 10.1. The van der Waals surface area contributed by atoms with Crippen LogP contribution in [-0.2, 0) is 6.42 Å². The number of carbonyl (C=O) groups is 1. The fourth-order valence-corrected chi connectivity index (χ4v) is 1.83. The Bertz CT molecular complexity index is 582. The van der Waals surface area contributed by atoms with E-state index in [2.05, 4.69) is 10.3 Å². The zero-order valence-corrected chi connectivity index (χ0v) is 11.3. The van der Waals surface area contributed by atoms with Gasteiger partial charge in [0.25, 0.3) is 5.91 Å². The molecule has 2 aromatic rings. The fraction of sp³-hybridized carbons (Fsp3) is 0.200. The third-order valence-electron chi connectivity index (χ3n) is 2.86. The molecule has 0 aliphatic rings. The van der Waals surface area contributed by atoms with Crippen molar-refractivity contribution < 1.29 is 9.53 Å². The second kappa shape index (κ2) is 6.68. The summed E-state index contributed by atoms with van der Waals surface area (Å²) in [5, 5.41) is 2.78. The number of hydrogen-bond acceptors (Lipinski definition) is 4. The summed E-state index contributed by atoms with van der Waals surface area (Å²) in [4.78, 5) is 16.2. The van der Waals surface area contributed by atoms with Crippen LogP contribution in [0.2, 0.25) is 0 Å². The number of rotatable bonds is 5. The number of hydrogen-bond donors (Lipinski definition) is 2. The van der Waals surface area contributed by atoms with E-state index >= 15 is 0 Å². The predicted octanol–water partition coefficient (Wildman–Crippen LogP) is 1.84. The van der Waals surface area contributed by atoms with Crippen LogP contribution < -0.4 is 15.8 Å². The summed E-state index contributed by atoms with van der Waals surface area (Å²) in [5.74, 6) is 0.191. The van der Waals surface area contributed by atoms with Crippen molar-refractivity contribution in [3.05, 3.63) is 53.7 Å². The van der Waals surface area contributed by atoms with Gasteiger partial charge in [-0.05, 0) is 42.8 Å². The number of nitrogens with two attached hydrogens (primary N) is 1. The Labute approximate surface area is 117 Å². The number of anilines is 1. The van der Waals surface area contributed by atoms with Crippen LogP contribution in [0, 0.1) is 0 Å². The van der Waals surface area contributed by atoms with Gasteiger partial charge in [-0.25, -0.2) is 4.98 Å². The van der Waals surface area contributed by atoms with Crippen molar-refractivity contribution in [3.63, 3.8) is 0 Å². The van der Waals surface area contributed by atoms with Crippen molar-refractivity contribution in [1.82, 2.24) is 4.98 Å². The highest BCUT2D eigenvalue weighted by Gasteiger charge is 2.09. The van der Waals surface area contributed by atoms with Crippen LogP contribution in [0.1, 0.15) is 15.9 Å². The number of pyridine rings is 1. The van der Waals surface area contributed by atoms with Crippen LogP contribution in [0.25, 0.3) is 0 Å². The molecular weight excluding hydrogens is 254 g/mol. The molecule has 20 heavy (non-hydrogen) atoms. The molecule has 0 atom stereocenters. The average molecular weight is 271 g/mol.